The average Bonchev–Trinajstić information content (AvgIpc) is 3.73. The lowest BCUT2D eigenvalue weighted by Crippen LogP contribution is -2.43. The Hall–Kier alpha value is -6.38. The highest BCUT2D eigenvalue weighted by Gasteiger charge is 2.52. The van der Waals surface area contributed by atoms with Crippen LogP contribution in [0.25, 0.3) is 22.3 Å². The van der Waals surface area contributed by atoms with E-state index >= 15 is 0 Å². The molecule has 0 amide bonds. The summed E-state index contributed by atoms with van der Waals surface area (Å²) in [6.07, 6.45) is 9.01. The molecule has 0 N–H and O–H groups in total. The van der Waals surface area contributed by atoms with Gasteiger partial charge in [-0.3, -0.25) is 0 Å². The van der Waals surface area contributed by atoms with Gasteiger partial charge in [-0.25, -0.2) is 0 Å². The van der Waals surface area contributed by atoms with E-state index in [2.05, 4.69) is 210 Å². The number of rotatable bonds is 5. The molecule has 0 fully saturated rings. The molecular weight excluding hydrogens is 617 g/mol. The van der Waals surface area contributed by atoms with Crippen LogP contribution in [-0.4, -0.2) is 6.54 Å². The third-order valence-electron chi connectivity index (χ3n) is 10.9. The number of nitrogens with zero attached hydrogens (tertiary/aromatic N) is 2. The van der Waals surface area contributed by atoms with Crippen LogP contribution in [0.3, 0.4) is 0 Å². The number of hydrogen-bond acceptors (Lipinski definition) is 2. The maximum Gasteiger partial charge on any atom is 0.0783 e. The van der Waals surface area contributed by atoms with Crippen molar-refractivity contribution in [3.8, 4) is 22.3 Å². The molecule has 7 aromatic rings. The minimum atomic E-state index is -0.601. The molecule has 2 aliphatic heterocycles. The number of fused-ring (bicyclic) bond motifs is 8. The normalized spacial score (nSPS) is 15.0. The molecule has 0 bridgehead atoms. The first-order chi connectivity index (χ1) is 25.3. The van der Waals surface area contributed by atoms with Crippen LogP contribution in [0.2, 0.25) is 0 Å². The van der Waals surface area contributed by atoms with Crippen LogP contribution in [0.1, 0.15) is 22.3 Å². The van der Waals surface area contributed by atoms with Gasteiger partial charge in [0.05, 0.1) is 16.8 Å². The van der Waals surface area contributed by atoms with Crippen molar-refractivity contribution in [1.82, 2.24) is 0 Å². The highest BCUT2D eigenvalue weighted by atomic mass is 15.2. The van der Waals surface area contributed by atoms with Crippen molar-refractivity contribution >= 4 is 28.4 Å². The molecule has 0 saturated carbocycles. The molecule has 2 nitrogen and oxygen atoms in total. The topological polar surface area (TPSA) is 6.48 Å². The van der Waals surface area contributed by atoms with Gasteiger partial charge in [0.15, 0.2) is 0 Å². The minimum absolute atomic E-state index is 0.321. The van der Waals surface area contributed by atoms with E-state index in [0.29, 0.717) is 5.92 Å². The molecule has 1 aliphatic carbocycles. The van der Waals surface area contributed by atoms with Crippen molar-refractivity contribution < 1.29 is 0 Å². The first-order valence-electron chi connectivity index (χ1n) is 17.9. The maximum absolute atomic E-state index is 2.58. The molecule has 3 aliphatic rings. The fourth-order valence-electron chi connectivity index (χ4n) is 8.73. The molecule has 0 saturated heterocycles. The average molecular weight is 653 g/mol. The molecule has 51 heavy (non-hydrogen) atoms. The van der Waals surface area contributed by atoms with Crippen LogP contribution in [0.15, 0.2) is 200 Å². The number of anilines is 5. The number of benzene rings is 7. The predicted molar refractivity (Wildman–Crippen MR) is 213 cm³/mol. The molecule has 7 aromatic carbocycles. The van der Waals surface area contributed by atoms with E-state index in [0.717, 1.165) is 12.2 Å². The lowest BCUT2D eigenvalue weighted by atomic mass is 9.59. The number of para-hydroxylation sites is 3. The van der Waals surface area contributed by atoms with E-state index in [4.69, 9.17) is 0 Å². The Kier molecular flexibility index (Phi) is 6.89. The van der Waals surface area contributed by atoms with E-state index in [1.165, 1.54) is 67.3 Å². The molecule has 2 heterocycles. The first kappa shape index (κ1) is 29.5. The van der Waals surface area contributed by atoms with Crippen molar-refractivity contribution in [3.63, 3.8) is 0 Å². The Labute approximate surface area is 299 Å². The summed E-state index contributed by atoms with van der Waals surface area (Å²) in [6.45, 7) is 0.859. The lowest BCUT2D eigenvalue weighted by molar-refractivity contribution is 0.692. The molecule has 0 radical (unpaired) electrons. The van der Waals surface area contributed by atoms with E-state index in [9.17, 15) is 0 Å². The predicted octanol–water partition coefficient (Wildman–Crippen LogP) is 12.4. The van der Waals surface area contributed by atoms with Crippen molar-refractivity contribution in [2.45, 2.75) is 5.41 Å². The van der Waals surface area contributed by atoms with Gasteiger partial charge >= 0.3 is 0 Å². The van der Waals surface area contributed by atoms with Crippen molar-refractivity contribution in [1.29, 1.82) is 0 Å². The fraction of sp³-hybridized carbons (Fsp3) is 0.0612. The van der Waals surface area contributed by atoms with Crippen molar-refractivity contribution in [2.24, 2.45) is 5.92 Å². The molecule has 10 rings (SSSR count). The molecule has 0 atom stereocenters. The maximum atomic E-state index is 2.58. The van der Waals surface area contributed by atoms with Crippen LogP contribution in [0, 0.1) is 5.92 Å². The molecule has 0 aromatic heterocycles. The Morgan fingerprint density at radius 1 is 0.392 bits per heavy atom. The molecule has 242 valence electrons. The fourth-order valence-corrected chi connectivity index (χ4v) is 8.73. The van der Waals surface area contributed by atoms with E-state index in [-0.39, 0.29) is 0 Å². The highest BCUT2D eigenvalue weighted by molar-refractivity contribution is 5.95. The molecule has 1 spiro atoms. The van der Waals surface area contributed by atoms with Gasteiger partial charge in [-0.1, -0.05) is 152 Å². The monoisotopic (exact) mass is 652 g/mol. The van der Waals surface area contributed by atoms with Crippen molar-refractivity contribution in [3.05, 3.63) is 222 Å². The number of allylic oxidation sites excluding steroid dienone is 2. The zero-order valence-electron chi connectivity index (χ0n) is 28.2. The second-order valence-corrected chi connectivity index (χ2v) is 13.7. The summed E-state index contributed by atoms with van der Waals surface area (Å²) in [5.41, 5.74) is 15.5. The summed E-state index contributed by atoms with van der Waals surface area (Å²) in [5.74, 6) is 0.321. The zero-order chi connectivity index (χ0) is 33.8. The Balaban J connectivity index is 1.35. The third kappa shape index (κ3) is 4.57. The molecule has 0 unspecified atom stereocenters. The number of hydrogen-bond donors (Lipinski definition) is 0. The summed E-state index contributed by atoms with van der Waals surface area (Å²) < 4.78 is 0. The summed E-state index contributed by atoms with van der Waals surface area (Å²) in [6, 6.07) is 65.0. The van der Waals surface area contributed by atoms with Crippen LogP contribution in [0.5, 0.6) is 0 Å². The van der Waals surface area contributed by atoms with Gasteiger partial charge in [0, 0.05) is 29.5 Å². The third-order valence-corrected chi connectivity index (χ3v) is 10.9. The summed E-state index contributed by atoms with van der Waals surface area (Å²) in [5, 5.41) is 0. The van der Waals surface area contributed by atoms with E-state index in [1.807, 2.05) is 0 Å². The van der Waals surface area contributed by atoms with Gasteiger partial charge in [0.2, 0.25) is 0 Å². The smallest absolute Gasteiger partial charge is 0.0783 e. The van der Waals surface area contributed by atoms with Gasteiger partial charge < -0.3 is 9.80 Å². The molecular formula is C49H36N2. The van der Waals surface area contributed by atoms with Gasteiger partial charge in [0.25, 0.3) is 0 Å². The molecule has 2 heteroatoms. The van der Waals surface area contributed by atoms with Crippen LogP contribution >= 0.6 is 0 Å². The van der Waals surface area contributed by atoms with Gasteiger partial charge in [0.1, 0.15) is 0 Å². The SMILES string of the molecule is C1=CC(CN2c3ccc(-c4ccccc4)cc3C3(c4cc(-c5ccccc5)ccc42)c2ccccc2N(c2ccccc2)c2ccccc23)C=C1. The zero-order valence-corrected chi connectivity index (χ0v) is 28.2. The second-order valence-electron chi connectivity index (χ2n) is 13.7. The van der Waals surface area contributed by atoms with Crippen LogP contribution in [-0.2, 0) is 5.41 Å². The lowest BCUT2D eigenvalue weighted by Gasteiger charge is -2.51. The largest absolute Gasteiger partial charge is 0.340 e. The summed E-state index contributed by atoms with van der Waals surface area (Å²) in [7, 11) is 0. The minimum Gasteiger partial charge on any atom is -0.340 e. The van der Waals surface area contributed by atoms with Gasteiger partial charge in [-0.2, -0.15) is 0 Å². The van der Waals surface area contributed by atoms with Crippen LogP contribution in [0.4, 0.5) is 28.4 Å². The standard InChI is InChI=1S/C49H36N2/c1-4-18-36(19-5-1)38-28-30-45-43(32-38)49(41-24-12-14-26-47(41)51(40-22-8-3-9-23-40)48-27-15-13-25-42(48)49)44-33-39(37-20-6-2-7-21-37)29-31-46(44)50(45)34-35-16-10-11-17-35/h1-33,35H,34H2. The van der Waals surface area contributed by atoms with Gasteiger partial charge in [-0.15, -0.1) is 0 Å². The van der Waals surface area contributed by atoms with Gasteiger partial charge in [-0.05, 0) is 93.0 Å². The Morgan fingerprint density at radius 2 is 0.843 bits per heavy atom. The Morgan fingerprint density at radius 3 is 1.35 bits per heavy atom. The van der Waals surface area contributed by atoms with Crippen molar-refractivity contribution in [2.75, 3.05) is 16.3 Å². The Bertz CT molecular complexity index is 2310. The van der Waals surface area contributed by atoms with E-state index < -0.39 is 5.41 Å². The van der Waals surface area contributed by atoms with Crippen LogP contribution < -0.4 is 9.80 Å². The second kappa shape index (κ2) is 11.9. The quantitative estimate of drug-likeness (QED) is 0.183. The first-order valence-corrected chi connectivity index (χ1v) is 17.9. The van der Waals surface area contributed by atoms with E-state index in [1.54, 1.807) is 0 Å². The summed E-state index contributed by atoms with van der Waals surface area (Å²) in [4.78, 5) is 5.04. The highest BCUT2D eigenvalue weighted by Crippen LogP contribution is 2.63. The summed E-state index contributed by atoms with van der Waals surface area (Å²) >= 11 is 0.